The molecule has 4 heteroatoms. The highest BCUT2D eigenvalue weighted by atomic mass is 35.5. The first-order chi connectivity index (χ1) is 9.70. The second kappa shape index (κ2) is 5.81. The molecule has 0 bridgehead atoms. The van der Waals surface area contributed by atoms with Gasteiger partial charge in [-0.3, -0.25) is 0 Å². The molecule has 0 saturated heterocycles. The molecule has 2 aromatic rings. The van der Waals surface area contributed by atoms with Gasteiger partial charge in [0, 0.05) is 17.6 Å². The maximum atomic E-state index is 14.0. The van der Waals surface area contributed by atoms with Gasteiger partial charge in [-0.2, -0.15) is 0 Å². The summed E-state index contributed by atoms with van der Waals surface area (Å²) in [6.45, 7) is 0.697. The van der Waals surface area contributed by atoms with Crippen LogP contribution in [0.5, 0.6) is 11.5 Å². The van der Waals surface area contributed by atoms with Crippen LogP contribution < -0.4 is 10.1 Å². The summed E-state index contributed by atoms with van der Waals surface area (Å²) < 4.78 is 19.5. The van der Waals surface area contributed by atoms with Crippen molar-refractivity contribution in [2.75, 3.05) is 0 Å². The summed E-state index contributed by atoms with van der Waals surface area (Å²) in [5, 5.41) is 3.98. The average molecular weight is 292 g/mol. The lowest BCUT2D eigenvalue weighted by Crippen LogP contribution is -2.15. The molecule has 2 nitrogen and oxygen atoms in total. The van der Waals surface area contributed by atoms with Crippen LogP contribution in [0.25, 0.3) is 0 Å². The van der Waals surface area contributed by atoms with E-state index in [9.17, 15) is 4.39 Å². The molecule has 1 fully saturated rings. The van der Waals surface area contributed by atoms with Crippen LogP contribution in [0.2, 0.25) is 5.02 Å². The molecule has 2 aromatic carbocycles. The quantitative estimate of drug-likeness (QED) is 0.874. The van der Waals surface area contributed by atoms with Crippen molar-refractivity contribution in [2.45, 2.75) is 25.4 Å². The molecule has 1 aliphatic carbocycles. The van der Waals surface area contributed by atoms with E-state index in [2.05, 4.69) is 5.32 Å². The van der Waals surface area contributed by atoms with Crippen LogP contribution in [0.3, 0.4) is 0 Å². The molecule has 0 amide bonds. The van der Waals surface area contributed by atoms with Crippen molar-refractivity contribution in [3.05, 3.63) is 58.9 Å². The normalized spacial score (nSPS) is 14.3. The van der Waals surface area contributed by atoms with Gasteiger partial charge >= 0.3 is 0 Å². The van der Waals surface area contributed by atoms with Crippen LogP contribution >= 0.6 is 11.6 Å². The lowest BCUT2D eigenvalue weighted by Gasteiger charge is -2.09. The molecule has 0 aromatic heterocycles. The topological polar surface area (TPSA) is 21.3 Å². The van der Waals surface area contributed by atoms with E-state index in [0.717, 1.165) is 5.56 Å². The van der Waals surface area contributed by atoms with E-state index < -0.39 is 0 Å². The molecule has 0 aliphatic heterocycles. The zero-order chi connectivity index (χ0) is 13.9. The van der Waals surface area contributed by atoms with Crippen LogP contribution in [-0.4, -0.2) is 6.04 Å². The number of nitrogens with one attached hydrogen (secondary N) is 1. The predicted molar refractivity (Wildman–Crippen MR) is 77.8 cm³/mol. The highest BCUT2D eigenvalue weighted by Crippen LogP contribution is 2.26. The van der Waals surface area contributed by atoms with Crippen molar-refractivity contribution in [2.24, 2.45) is 0 Å². The number of ether oxygens (including phenoxy) is 1. The van der Waals surface area contributed by atoms with Gasteiger partial charge in [-0.25, -0.2) is 4.39 Å². The van der Waals surface area contributed by atoms with Gasteiger partial charge in [0.2, 0.25) is 0 Å². The number of benzene rings is 2. The lowest BCUT2D eigenvalue weighted by atomic mass is 10.2. The summed E-state index contributed by atoms with van der Waals surface area (Å²) in [7, 11) is 0. The molecule has 3 rings (SSSR count). The van der Waals surface area contributed by atoms with Gasteiger partial charge in [0.15, 0.2) is 11.6 Å². The summed E-state index contributed by atoms with van der Waals surface area (Å²) in [5.41, 5.74) is 0.929. The van der Waals surface area contributed by atoms with Gasteiger partial charge in [0.25, 0.3) is 0 Å². The van der Waals surface area contributed by atoms with Crippen molar-refractivity contribution in [1.82, 2.24) is 5.32 Å². The van der Waals surface area contributed by atoms with Crippen LogP contribution in [0, 0.1) is 5.82 Å². The summed E-state index contributed by atoms with van der Waals surface area (Å²) in [6.07, 6.45) is 2.44. The van der Waals surface area contributed by atoms with Gasteiger partial charge < -0.3 is 10.1 Å². The Hall–Kier alpha value is -1.58. The minimum Gasteiger partial charge on any atom is -0.454 e. The molecule has 1 saturated carbocycles. The van der Waals surface area contributed by atoms with E-state index in [-0.39, 0.29) is 11.6 Å². The Morgan fingerprint density at radius 3 is 2.55 bits per heavy atom. The van der Waals surface area contributed by atoms with Gasteiger partial charge in [0.05, 0.1) is 0 Å². The zero-order valence-corrected chi connectivity index (χ0v) is 11.7. The monoisotopic (exact) mass is 291 g/mol. The van der Waals surface area contributed by atoms with E-state index in [1.165, 1.54) is 18.9 Å². The second-order valence-corrected chi connectivity index (χ2v) is 5.41. The third kappa shape index (κ3) is 3.50. The number of hydrogen-bond acceptors (Lipinski definition) is 2. The van der Waals surface area contributed by atoms with Crippen molar-refractivity contribution < 1.29 is 9.13 Å². The van der Waals surface area contributed by atoms with Gasteiger partial charge in [0.1, 0.15) is 5.75 Å². The van der Waals surface area contributed by atoms with E-state index in [1.807, 2.05) is 6.07 Å². The molecule has 1 N–H and O–H groups in total. The fraction of sp³-hybridized carbons (Fsp3) is 0.250. The van der Waals surface area contributed by atoms with E-state index in [0.29, 0.717) is 23.4 Å². The van der Waals surface area contributed by atoms with Gasteiger partial charge in [-0.1, -0.05) is 17.7 Å². The Morgan fingerprint density at radius 2 is 1.90 bits per heavy atom. The zero-order valence-electron chi connectivity index (χ0n) is 10.9. The number of halogens is 2. The molecular formula is C16H15ClFNO. The van der Waals surface area contributed by atoms with Gasteiger partial charge in [-0.05, 0) is 54.8 Å². The minimum absolute atomic E-state index is 0.225. The van der Waals surface area contributed by atoms with E-state index >= 15 is 0 Å². The van der Waals surface area contributed by atoms with Crippen LogP contribution in [0.1, 0.15) is 18.4 Å². The lowest BCUT2D eigenvalue weighted by molar-refractivity contribution is 0.441. The third-order valence-corrected chi connectivity index (χ3v) is 3.46. The standard InChI is InChI=1S/C16H15ClFNO/c17-12-2-6-14(7-3-12)20-16-8-1-11(9-15(16)18)10-19-13-4-5-13/h1-3,6-9,13,19H,4-5,10H2. The predicted octanol–water partition coefficient (Wildman–Crippen LogP) is 4.52. The highest BCUT2D eigenvalue weighted by Gasteiger charge is 2.20. The summed E-state index contributed by atoms with van der Waals surface area (Å²) in [4.78, 5) is 0. The first kappa shape index (κ1) is 13.4. The van der Waals surface area contributed by atoms with E-state index in [1.54, 1.807) is 30.3 Å². The van der Waals surface area contributed by atoms with E-state index in [4.69, 9.17) is 16.3 Å². The van der Waals surface area contributed by atoms with Crippen molar-refractivity contribution in [3.8, 4) is 11.5 Å². The van der Waals surface area contributed by atoms with Gasteiger partial charge in [-0.15, -0.1) is 0 Å². The Labute approximate surface area is 122 Å². The number of hydrogen-bond donors (Lipinski definition) is 1. The Kier molecular flexibility index (Phi) is 3.90. The molecular weight excluding hydrogens is 277 g/mol. The molecule has 104 valence electrons. The molecule has 1 aliphatic rings. The molecule has 20 heavy (non-hydrogen) atoms. The summed E-state index contributed by atoms with van der Waals surface area (Å²) in [5.74, 6) is 0.440. The van der Waals surface area contributed by atoms with Crippen LogP contribution in [-0.2, 0) is 6.54 Å². The fourth-order valence-electron chi connectivity index (χ4n) is 1.92. The molecule has 0 spiro atoms. The minimum atomic E-state index is -0.352. The Bertz CT molecular complexity index is 596. The number of rotatable bonds is 5. The average Bonchev–Trinajstić information content (AvgIpc) is 3.26. The van der Waals surface area contributed by atoms with Crippen molar-refractivity contribution >= 4 is 11.6 Å². The fourth-order valence-corrected chi connectivity index (χ4v) is 2.04. The maximum absolute atomic E-state index is 14.0. The molecule has 0 unspecified atom stereocenters. The van der Waals surface area contributed by atoms with Crippen LogP contribution in [0.15, 0.2) is 42.5 Å². The van der Waals surface area contributed by atoms with Crippen molar-refractivity contribution in [1.29, 1.82) is 0 Å². The first-order valence-corrected chi connectivity index (χ1v) is 7.04. The Balaban J connectivity index is 1.68. The smallest absolute Gasteiger partial charge is 0.166 e. The summed E-state index contributed by atoms with van der Waals surface area (Å²) in [6, 6.07) is 12.5. The van der Waals surface area contributed by atoms with Crippen LogP contribution in [0.4, 0.5) is 4.39 Å². The third-order valence-electron chi connectivity index (χ3n) is 3.21. The second-order valence-electron chi connectivity index (χ2n) is 4.98. The first-order valence-electron chi connectivity index (χ1n) is 6.66. The maximum Gasteiger partial charge on any atom is 0.166 e. The largest absolute Gasteiger partial charge is 0.454 e. The summed E-state index contributed by atoms with van der Waals surface area (Å²) >= 11 is 5.80. The van der Waals surface area contributed by atoms with Crippen molar-refractivity contribution in [3.63, 3.8) is 0 Å². The molecule has 0 atom stereocenters. The Morgan fingerprint density at radius 1 is 1.15 bits per heavy atom. The molecule has 0 heterocycles. The highest BCUT2D eigenvalue weighted by molar-refractivity contribution is 6.30. The molecule has 0 radical (unpaired) electrons. The SMILES string of the molecule is Fc1cc(CNC2CC2)ccc1Oc1ccc(Cl)cc1.